The van der Waals surface area contributed by atoms with E-state index in [2.05, 4.69) is 13.8 Å². The minimum atomic E-state index is 0.682. The number of rotatable bonds is 26. The first kappa shape index (κ1) is 35.8. The summed E-state index contributed by atoms with van der Waals surface area (Å²) in [6.07, 6.45) is 27.1. The molecule has 0 saturated carbocycles. The van der Waals surface area contributed by atoms with Gasteiger partial charge in [-0.1, -0.05) is 153 Å². The average Bonchev–Trinajstić information content (AvgIpc) is 2.96. The van der Waals surface area contributed by atoms with Crippen LogP contribution in [0, 0.1) is 0 Å². The number of hydrogen-bond acceptors (Lipinski definition) is 2. The zero-order valence-corrected chi connectivity index (χ0v) is 27.8. The van der Waals surface area contributed by atoms with Crippen molar-refractivity contribution in [2.75, 3.05) is 13.2 Å². The highest BCUT2D eigenvalue weighted by Crippen LogP contribution is 2.31. The zero-order chi connectivity index (χ0) is 29.4. The summed E-state index contributed by atoms with van der Waals surface area (Å²) in [6, 6.07) is 11.9. The highest BCUT2D eigenvalue weighted by Gasteiger charge is 2.12. The predicted octanol–water partition coefficient (Wildman–Crippen LogP) is 13.2. The Balaban J connectivity index is 1.74. The SMILES string of the molecule is CCCCCCCCCCCCOc1ccc(Cl)cc1Cc1cc(Cl)ccc1OCCCCCCCCCCCC. The van der Waals surface area contributed by atoms with Gasteiger partial charge in [0.05, 0.1) is 13.2 Å². The molecule has 0 unspecified atom stereocenters. The normalized spacial score (nSPS) is 11.2. The summed E-state index contributed by atoms with van der Waals surface area (Å²) in [5, 5.41) is 1.45. The Morgan fingerprint density at radius 3 is 1.10 bits per heavy atom. The van der Waals surface area contributed by atoms with Gasteiger partial charge in [0, 0.05) is 27.6 Å². The minimum Gasteiger partial charge on any atom is -0.493 e. The molecule has 41 heavy (non-hydrogen) atoms. The number of hydrogen-bond donors (Lipinski definition) is 0. The van der Waals surface area contributed by atoms with Crippen LogP contribution >= 0.6 is 23.2 Å². The zero-order valence-electron chi connectivity index (χ0n) is 26.3. The van der Waals surface area contributed by atoms with E-state index in [1.54, 1.807) is 0 Å². The van der Waals surface area contributed by atoms with Crippen LogP contribution in [0.5, 0.6) is 11.5 Å². The van der Waals surface area contributed by atoms with Crippen LogP contribution in [0.1, 0.15) is 153 Å². The topological polar surface area (TPSA) is 18.5 Å². The maximum Gasteiger partial charge on any atom is 0.122 e. The Kier molecular flexibility index (Phi) is 21.1. The second-order valence-corrected chi connectivity index (χ2v) is 12.6. The van der Waals surface area contributed by atoms with E-state index in [-0.39, 0.29) is 0 Å². The van der Waals surface area contributed by atoms with Crippen LogP contribution in [-0.4, -0.2) is 13.2 Å². The Labute approximate surface area is 262 Å². The van der Waals surface area contributed by atoms with Gasteiger partial charge in [-0.05, 0) is 49.2 Å². The lowest BCUT2D eigenvalue weighted by Gasteiger charge is -2.15. The van der Waals surface area contributed by atoms with Gasteiger partial charge in [-0.25, -0.2) is 0 Å². The number of ether oxygens (including phenoxy) is 2. The summed E-state index contributed by atoms with van der Waals surface area (Å²) in [7, 11) is 0. The van der Waals surface area contributed by atoms with Gasteiger partial charge >= 0.3 is 0 Å². The first-order valence-corrected chi connectivity index (χ1v) is 17.7. The van der Waals surface area contributed by atoms with E-state index in [1.807, 2.05) is 36.4 Å². The molecule has 0 aliphatic carbocycles. The molecule has 2 aromatic carbocycles. The highest BCUT2D eigenvalue weighted by molar-refractivity contribution is 6.31. The Morgan fingerprint density at radius 2 is 0.756 bits per heavy atom. The Hall–Kier alpha value is -1.38. The Bertz CT molecular complexity index is 840. The monoisotopic (exact) mass is 604 g/mol. The lowest BCUT2D eigenvalue weighted by atomic mass is 10.0. The molecule has 0 aromatic heterocycles. The summed E-state index contributed by atoms with van der Waals surface area (Å²) in [4.78, 5) is 0. The summed E-state index contributed by atoms with van der Waals surface area (Å²) >= 11 is 12.8. The maximum absolute atomic E-state index is 6.40. The molecule has 0 spiro atoms. The fraction of sp³-hybridized carbons (Fsp3) is 0.676. The first-order chi connectivity index (χ1) is 20.1. The van der Waals surface area contributed by atoms with Gasteiger partial charge in [0.25, 0.3) is 0 Å². The predicted molar refractivity (Wildman–Crippen MR) is 180 cm³/mol. The molecule has 2 nitrogen and oxygen atoms in total. The molecule has 2 rings (SSSR count). The molecule has 0 bridgehead atoms. The van der Waals surface area contributed by atoms with Crippen molar-refractivity contribution >= 4 is 23.2 Å². The van der Waals surface area contributed by atoms with Gasteiger partial charge in [0.15, 0.2) is 0 Å². The molecule has 0 radical (unpaired) electrons. The molecule has 0 aliphatic heterocycles. The van der Waals surface area contributed by atoms with Crippen molar-refractivity contribution in [2.45, 2.75) is 149 Å². The second-order valence-electron chi connectivity index (χ2n) is 11.7. The van der Waals surface area contributed by atoms with E-state index in [0.29, 0.717) is 6.42 Å². The third-order valence-corrected chi connectivity index (χ3v) is 8.41. The van der Waals surface area contributed by atoms with Crippen molar-refractivity contribution in [3.05, 3.63) is 57.6 Å². The van der Waals surface area contributed by atoms with Crippen LogP contribution in [0.3, 0.4) is 0 Å². The van der Waals surface area contributed by atoms with Crippen molar-refractivity contribution in [3.8, 4) is 11.5 Å². The van der Waals surface area contributed by atoms with Gasteiger partial charge in [-0.15, -0.1) is 0 Å². The molecule has 0 amide bonds. The summed E-state index contributed by atoms with van der Waals surface area (Å²) in [6.45, 7) is 6.03. The molecule has 0 aliphatic rings. The number of benzene rings is 2. The number of halogens is 2. The van der Waals surface area contributed by atoms with Gasteiger partial charge in [-0.2, -0.15) is 0 Å². The lowest BCUT2D eigenvalue weighted by molar-refractivity contribution is 0.298. The van der Waals surface area contributed by atoms with E-state index in [0.717, 1.165) is 58.7 Å². The van der Waals surface area contributed by atoms with Crippen molar-refractivity contribution in [1.82, 2.24) is 0 Å². The van der Waals surface area contributed by atoms with Crippen LogP contribution in [-0.2, 0) is 6.42 Å². The van der Waals surface area contributed by atoms with E-state index in [1.165, 1.54) is 116 Å². The van der Waals surface area contributed by atoms with Gasteiger partial charge in [0.1, 0.15) is 11.5 Å². The van der Waals surface area contributed by atoms with Crippen LogP contribution in [0.25, 0.3) is 0 Å². The summed E-state index contributed by atoms with van der Waals surface area (Å²) in [5.74, 6) is 1.82. The molecule has 232 valence electrons. The van der Waals surface area contributed by atoms with Crippen LogP contribution in [0.15, 0.2) is 36.4 Å². The lowest BCUT2D eigenvalue weighted by Crippen LogP contribution is -2.04. The quantitative estimate of drug-likeness (QED) is 0.0993. The van der Waals surface area contributed by atoms with Crippen molar-refractivity contribution in [2.24, 2.45) is 0 Å². The van der Waals surface area contributed by atoms with Crippen LogP contribution in [0.4, 0.5) is 0 Å². The van der Waals surface area contributed by atoms with E-state index >= 15 is 0 Å². The van der Waals surface area contributed by atoms with Gasteiger partial charge < -0.3 is 9.47 Å². The van der Waals surface area contributed by atoms with E-state index < -0.39 is 0 Å². The molecule has 0 fully saturated rings. The Morgan fingerprint density at radius 1 is 0.439 bits per heavy atom. The third kappa shape index (κ3) is 17.4. The van der Waals surface area contributed by atoms with Crippen LogP contribution < -0.4 is 9.47 Å². The largest absolute Gasteiger partial charge is 0.493 e. The number of unbranched alkanes of at least 4 members (excludes halogenated alkanes) is 18. The molecule has 0 N–H and O–H groups in total. The third-order valence-electron chi connectivity index (χ3n) is 7.94. The standard InChI is InChI=1S/C37H58Cl2O2/c1-3-5-7-9-11-13-15-17-19-21-27-40-36-25-23-34(38)30-32(36)29-33-31-35(39)24-26-37(33)41-28-22-20-18-16-14-12-10-8-6-4-2/h23-26,30-31H,3-22,27-29H2,1-2H3. The van der Waals surface area contributed by atoms with Crippen molar-refractivity contribution < 1.29 is 9.47 Å². The van der Waals surface area contributed by atoms with Crippen LogP contribution in [0.2, 0.25) is 10.0 Å². The molecular formula is C37H58Cl2O2. The summed E-state index contributed by atoms with van der Waals surface area (Å²) < 4.78 is 12.5. The molecule has 0 atom stereocenters. The molecular weight excluding hydrogens is 547 g/mol. The molecule has 0 saturated heterocycles. The molecule has 4 heteroatoms. The second kappa shape index (κ2) is 24.1. The van der Waals surface area contributed by atoms with Crippen molar-refractivity contribution in [3.63, 3.8) is 0 Å². The van der Waals surface area contributed by atoms with Gasteiger partial charge in [0.2, 0.25) is 0 Å². The average molecular weight is 606 g/mol. The molecule has 0 heterocycles. The molecule has 2 aromatic rings. The van der Waals surface area contributed by atoms with Gasteiger partial charge in [-0.3, -0.25) is 0 Å². The summed E-state index contributed by atoms with van der Waals surface area (Å²) in [5.41, 5.74) is 2.16. The minimum absolute atomic E-state index is 0.682. The van der Waals surface area contributed by atoms with Crippen molar-refractivity contribution in [1.29, 1.82) is 0 Å². The highest BCUT2D eigenvalue weighted by atomic mass is 35.5. The van der Waals surface area contributed by atoms with E-state index in [4.69, 9.17) is 32.7 Å². The first-order valence-electron chi connectivity index (χ1n) is 17.0. The fourth-order valence-electron chi connectivity index (χ4n) is 5.40. The maximum atomic E-state index is 6.40. The van der Waals surface area contributed by atoms with E-state index in [9.17, 15) is 0 Å². The fourth-order valence-corrected chi connectivity index (χ4v) is 5.79. The smallest absolute Gasteiger partial charge is 0.122 e.